The average Bonchev–Trinajstić information content (AvgIpc) is 3.00. The van der Waals surface area contributed by atoms with Gasteiger partial charge in [0.25, 0.3) is 5.69 Å². The highest BCUT2D eigenvalue weighted by Crippen LogP contribution is 2.28. The standard InChI is InChI=1S/C14H11N5O4/c15-18-14(20)23-11-3-1-2-10-12(11)17-13(16-10)8-4-6-9(7-5-8)19(21)22/h1-7H,15H2,(H,16,17)(H,18,20). The summed E-state index contributed by atoms with van der Waals surface area (Å²) < 4.78 is 5.03. The number of non-ortho nitro benzene ring substituents is 1. The Kier molecular flexibility index (Phi) is 3.61. The van der Waals surface area contributed by atoms with E-state index in [1.807, 2.05) is 5.43 Å². The molecule has 0 spiro atoms. The van der Waals surface area contributed by atoms with Crippen LogP contribution in [0.2, 0.25) is 0 Å². The lowest BCUT2D eigenvalue weighted by molar-refractivity contribution is -0.384. The fraction of sp³-hybridized carbons (Fsp3) is 0. The Morgan fingerprint density at radius 3 is 2.65 bits per heavy atom. The molecule has 0 aliphatic rings. The minimum atomic E-state index is -0.808. The number of benzene rings is 2. The van der Waals surface area contributed by atoms with E-state index < -0.39 is 11.0 Å². The number of para-hydroxylation sites is 1. The second-order valence-electron chi connectivity index (χ2n) is 4.58. The molecule has 2 aromatic carbocycles. The second kappa shape index (κ2) is 5.73. The first-order valence-electron chi connectivity index (χ1n) is 6.50. The van der Waals surface area contributed by atoms with E-state index in [1.165, 1.54) is 12.1 Å². The van der Waals surface area contributed by atoms with Crippen LogP contribution in [0, 0.1) is 10.1 Å². The Labute approximate surface area is 129 Å². The van der Waals surface area contributed by atoms with Crippen LogP contribution in [0.4, 0.5) is 10.5 Å². The number of nitro benzene ring substituents is 1. The molecule has 0 radical (unpaired) electrons. The van der Waals surface area contributed by atoms with E-state index in [4.69, 9.17) is 10.6 Å². The van der Waals surface area contributed by atoms with Gasteiger partial charge in [-0.3, -0.25) is 15.5 Å². The molecule has 0 aliphatic carbocycles. The lowest BCUT2D eigenvalue weighted by Gasteiger charge is -2.02. The molecular weight excluding hydrogens is 302 g/mol. The monoisotopic (exact) mass is 313 g/mol. The highest BCUT2D eigenvalue weighted by Gasteiger charge is 2.13. The molecule has 1 aromatic heterocycles. The zero-order valence-corrected chi connectivity index (χ0v) is 11.6. The highest BCUT2D eigenvalue weighted by molar-refractivity contribution is 5.87. The fourth-order valence-corrected chi connectivity index (χ4v) is 2.10. The Balaban J connectivity index is 2.01. The van der Waals surface area contributed by atoms with Crippen LogP contribution < -0.4 is 16.0 Å². The van der Waals surface area contributed by atoms with E-state index in [0.29, 0.717) is 22.4 Å². The fourth-order valence-electron chi connectivity index (χ4n) is 2.10. The average molecular weight is 313 g/mol. The minimum absolute atomic E-state index is 0.00602. The molecule has 0 aliphatic heterocycles. The van der Waals surface area contributed by atoms with Gasteiger partial charge < -0.3 is 9.72 Å². The van der Waals surface area contributed by atoms with Gasteiger partial charge in [-0.05, 0) is 24.3 Å². The Hall–Kier alpha value is -3.46. The summed E-state index contributed by atoms with van der Waals surface area (Å²) in [6.45, 7) is 0. The lowest BCUT2D eigenvalue weighted by Crippen LogP contribution is -2.32. The number of ether oxygens (including phenoxy) is 1. The van der Waals surface area contributed by atoms with Crippen molar-refractivity contribution in [3.05, 3.63) is 52.6 Å². The molecule has 0 bridgehead atoms. The van der Waals surface area contributed by atoms with Crippen molar-refractivity contribution in [1.29, 1.82) is 0 Å². The zero-order chi connectivity index (χ0) is 16.4. The first-order valence-corrected chi connectivity index (χ1v) is 6.50. The molecule has 0 atom stereocenters. The number of carbonyl (C=O) groups excluding carboxylic acids is 1. The predicted octanol–water partition coefficient (Wildman–Crippen LogP) is 2.10. The third kappa shape index (κ3) is 2.80. The number of nitrogens with one attached hydrogen (secondary N) is 2. The summed E-state index contributed by atoms with van der Waals surface area (Å²) in [6.07, 6.45) is -0.808. The number of nitro groups is 1. The Morgan fingerprint density at radius 2 is 2.00 bits per heavy atom. The summed E-state index contributed by atoms with van der Waals surface area (Å²) in [5, 5.41) is 10.7. The molecule has 0 saturated heterocycles. The van der Waals surface area contributed by atoms with Gasteiger partial charge in [-0.2, -0.15) is 0 Å². The van der Waals surface area contributed by atoms with Crippen LogP contribution in [0.5, 0.6) is 5.75 Å². The van der Waals surface area contributed by atoms with Crippen LogP contribution >= 0.6 is 0 Å². The normalized spacial score (nSPS) is 10.5. The number of hydrogen-bond donors (Lipinski definition) is 3. The first kappa shape index (κ1) is 14.5. The molecule has 1 heterocycles. The Bertz CT molecular complexity index is 888. The van der Waals surface area contributed by atoms with E-state index in [9.17, 15) is 14.9 Å². The Morgan fingerprint density at radius 1 is 1.26 bits per heavy atom. The number of hydrogen-bond acceptors (Lipinski definition) is 6. The number of aromatic amines is 1. The molecule has 116 valence electrons. The maximum Gasteiger partial charge on any atom is 0.426 e. The summed E-state index contributed by atoms with van der Waals surface area (Å²) in [7, 11) is 0. The molecule has 9 nitrogen and oxygen atoms in total. The van der Waals surface area contributed by atoms with Gasteiger partial charge in [0.1, 0.15) is 11.3 Å². The molecule has 0 fully saturated rings. The number of carbonyl (C=O) groups is 1. The number of fused-ring (bicyclic) bond motifs is 1. The van der Waals surface area contributed by atoms with E-state index in [1.54, 1.807) is 30.3 Å². The van der Waals surface area contributed by atoms with Gasteiger partial charge in [-0.15, -0.1) is 0 Å². The number of nitrogens with zero attached hydrogens (tertiary/aromatic N) is 2. The lowest BCUT2D eigenvalue weighted by atomic mass is 10.2. The molecule has 4 N–H and O–H groups in total. The molecular formula is C14H11N5O4. The number of nitrogens with two attached hydrogens (primary N) is 1. The zero-order valence-electron chi connectivity index (χ0n) is 11.6. The topological polar surface area (TPSA) is 136 Å². The number of imidazole rings is 1. The van der Waals surface area contributed by atoms with E-state index in [-0.39, 0.29) is 11.4 Å². The molecule has 3 rings (SSSR count). The van der Waals surface area contributed by atoms with Crippen molar-refractivity contribution in [2.75, 3.05) is 0 Å². The molecule has 23 heavy (non-hydrogen) atoms. The molecule has 0 unspecified atom stereocenters. The van der Waals surface area contributed by atoms with Crippen molar-refractivity contribution in [1.82, 2.24) is 15.4 Å². The van der Waals surface area contributed by atoms with Crippen molar-refractivity contribution < 1.29 is 14.5 Å². The smallest absolute Gasteiger partial charge is 0.407 e. The minimum Gasteiger partial charge on any atom is -0.407 e. The maximum atomic E-state index is 11.2. The van der Waals surface area contributed by atoms with Crippen molar-refractivity contribution in [3.63, 3.8) is 0 Å². The molecule has 0 saturated carbocycles. The highest BCUT2D eigenvalue weighted by atomic mass is 16.6. The molecule has 1 amide bonds. The van der Waals surface area contributed by atoms with Gasteiger partial charge in [0.05, 0.1) is 10.4 Å². The third-order valence-electron chi connectivity index (χ3n) is 3.15. The van der Waals surface area contributed by atoms with Crippen molar-refractivity contribution >= 4 is 22.8 Å². The molecule has 9 heteroatoms. The van der Waals surface area contributed by atoms with Crippen LogP contribution in [0.15, 0.2) is 42.5 Å². The summed E-state index contributed by atoms with van der Waals surface area (Å²) in [6, 6.07) is 11.0. The SMILES string of the molecule is NNC(=O)Oc1cccc2[nH]c(-c3ccc([N+](=O)[O-])cc3)nc12. The van der Waals surface area contributed by atoms with Crippen LogP contribution in [0.25, 0.3) is 22.4 Å². The van der Waals surface area contributed by atoms with Crippen molar-refractivity contribution in [2.45, 2.75) is 0 Å². The van der Waals surface area contributed by atoms with Crippen LogP contribution in [0.3, 0.4) is 0 Å². The summed E-state index contributed by atoms with van der Waals surface area (Å²) in [5.41, 5.74) is 3.63. The summed E-state index contributed by atoms with van der Waals surface area (Å²) in [4.78, 5) is 28.9. The molecule has 3 aromatic rings. The predicted molar refractivity (Wildman–Crippen MR) is 81.5 cm³/mol. The van der Waals surface area contributed by atoms with Crippen LogP contribution in [-0.4, -0.2) is 21.0 Å². The van der Waals surface area contributed by atoms with Gasteiger partial charge >= 0.3 is 6.09 Å². The number of rotatable bonds is 3. The summed E-state index contributed by atoms with van der Waals surface area (Å²) in [5.74, 6) is 5.74. The second-order valence-corrected chi connectivity index (χ2v) is 4.58. The number of aromatic nitrogens is 2. The van der Waals surface area contributed by atoms with Crippen LogP contribution in [-0.2, 0) is 0 Å². The summed E-state index contributed by atoms with van der Waals surface area (Å²) >= 11 is 0. The van der Waals surface area contributed by atoms with Crippen LogP contribution in [0.1, 0.15) is 0 Å². The number of hydrazine groups is 1. The largest absolute Gasteiger partial charge is 0.426 e. The van der Waals surface area contributed by atoms with Gasteiger partial charge in [-0.1, -0.05) is 6.07 Å². The van der Waals surface area contributed by atoms with Gasteiger partial charge in [-0.25, -0.2) is 15.6 Å². The van der Waals surface area contributed by atoms with Crippen molar-refractivity contribution in [2.24, 2.45) is 5.84 Å². The van der Waals surface area contributed by atoms with E-state index >= 15 is 0 Å². The van der Waals surface area contributed by atoms with E-state index in [0.717, 1.165) is 0 Å². The van der Waals surface area contributed by atoms with Crippen molar-refractivity contribution in [3.8, 4) is 17.1 Å². The van der Waals surface area contributed by atoms with Gasteiger partial charge in [0.2, 0.25) is 0 Å². The van der Waals surface area contributed by atoms with Gasteiger partial charge in [0.15, 0.2) is 5.75 Å². The number of amides is 1. The van der Waals surface area contributed by atoms with E-state index in [2.05, 4.69) is 9.97 Å². The quantitative estimate of drug-likeness (QED) is 0.293. The number of H-pyrrole nitrogens is 1. The first-order chi connectivity index (χ1) is 11.1. The maximum absolute atomic E-state index is 11.2. The third-order valence-corrected chi connectivity index (χ3v) is 3.15. The van der Waals surface area contributed by atoms with Gasteiger partial charge in [0, 0.05) is 17.7 Å².